The first-order chi connectivity index (χ1) is 13.9. The van der Waals surface area contributed by atoms with Gasteiger partial charge >= 0.3 is 0 Å². The first-order valence-corrected chi connectivity index (χ1v) is 11.6. The third-order valence-electron chi connectivity index (χ3n) is 4.21. The van der Waals surface area contributed by atoms with Gasteiger partial charge in [-0.15, -0.1) is 0 Å². The first kappa shape index (κ1) is 22.8. The van der Waals surface area contributed by atoms with Crippen LogP contribution in [0.15, 0.2) is 59.5 Å². The molecule has 0 aliphatic carbocycles. The molecule has 2 rings (SSSR count). The number of sulfonamides is 1. The molecular weight excluding hydrogens is 406 g/mol. The van der Waals surface area contributed by atoms with Crippen LogP contribution in [-0.4, -0.2) is 19.4 Å². The maximum absolute atomic E-state index is 12.4. The van der Waals surface area contributed by atoms with Crippen LogP contribution < -0.4 is 15.4 Å². The van der Waals surface area contributed by atoms with Crippen molar-refractivity contribution in [1.82, 2.24) is 5.32 Å². The Morgan fingerprint density at radius 1 is 0.897 bits per heavy atom. The zero-order valence-corrected chi connectivity index (χ0v) is 18.1. The molecule has 0 heterocycles. The van der Waals surface area contributed by atoms with Crippen LogP contribution in [0.3, 0.4) is 0 Å². The fraction of sp³-hybridized carbons (Fsp3) is 0.333. The van der Waals surface area contributed by atoms with Crippen LogP contribution >= 0.6 is 12.2 Å². The number of nitrogens with one attached hydrogen (secondary N) is 3. The lowest BCUT2D eigenvalue weighted by molar-refractivity contribution is -0.119. The zero-order valence-electron chi connectivity index (χ0n) is 16.5. The molecule has 2 aromatic rings. The molecule has 6 nitrogen and oxygen atoms in total. The van der Waals surface area contributed by atoms with Crippen LogP contribution in [0.2, 0.25) is 0 Å². The average molecular weight is 434 g/mol. The molecule has 0 atom stereocenters. The molecule has 0 spiro atoms. The Bertz CT molecular complexity index is 899. The smallest absolute Gasteiger partial charge is 0.261 e. The van der Waals surface area contributed by atoms with Gasteiger partial charge in [0.1, 0.15) is 0 Å². The number of thiocarbonyl (C=S) groups is 1. The highest BCUT2D eigenvalue weighted by atomic mass is 32.2. The molecule has 2 aromatic carbocycles. The Kier molecular flexibility index (Phi) is 9.08. The lowest BCUT2D eigenvalue weighted by Gasteiger charge is -2.11. The summed E-state index contributed by atoms with van der Waals surface area (Å²) in [6.45, 7) is 2.15. The summed E-state index contributed by atoms with van der Waals surface area (Å²) in [5.41, 5.74) is 1.09. The fourth-order valence-corrected chi connectivity index (χ4v) is 3.97. The molecule has 0 saturated heterocycles. The molecule has 0 saturated carbocycles. The van der Waals surface area contributed by atoms with Crippen molar-refractivity contribution in [2.24, 2.45) is 0 Å². The minimum absolute atomic E-state index is 0.120. The summed E-state index contributed by atoms with van der Waals surface area (Å²) in [6.07, 6.45) is 5.81. The van der Waals surface area contributed by atoms with Gasteiger partial charge in [0.05, 0.1) is 4.90 Å². The standard InChI is InChI=1S/C21H27N3O3S2/c1-2-3-4-5-9-12-20(25)23-21(28)22-17-13-15-19(16-14-17)29(26,27)24-18-10-7-6-8-11-18/h6-8,10-11,13-16,24H,2-5,9,12H2,1H3,(H2,22,23,25,28). The number of benzene rings is 2. The number of hydrogen-bond donors (Lipinski definition) is 3. The van der Waals surface area contributed by atoms with E-state index >= 15 is 0 Å². The fourth-order valence-electron chi connectivity index (χ4n) is 2.68. The molecule has 3 N–H and O–H groups in total. The van der Waals surface area contributed by atoms with Gasteiger partial charge in [0.25, 0.3) is 10.0 Å². The molecule has 1 amide bonds. The Hall–Kier alpha value is -2.45. The lowest BCUT2D eigenvalue weighted by atomic mass is 10.1. The molecule has 0 aliphatic heterocycles. The second kappa shape index (κ2) is 11.5. The second-order valence-corrected chi connectivity index (χ2v) is 8.75. The minimum atomic E-state index is -3.68. The molecule has 0 fully saturated rings. The van der Waals surface area contributed by atoms with E-state index in [9.17, 15) is 13.2 Å². The van der Waals surface area contributed by atoms with Crippen LogP contribution in [0, 0.1) is 0 Å². The Labute approximate surface area is 178 Å². The number of amides is 1. The largest absolute Gasteiger partial charge is 0.332 e. The quantitative estimate of drug-likeness (QED) is 0.375. The summed E-state index contributed by atoms with van der Waals surface area (Å²) in [7, 11) is -3.68. The van der Waals surface area contributed by atoms with Gasteiger partial charge in [-0.1, -0.05) is 50.8 Å². The maximum Gasteiger partial charge on any atom is 0.261 e. The third-order valence-corrected chi connectivity index (χ3v) is 5.81. The Morgan fingerprint density at radius 2 is 1.55 bits per heavy atom. The number of carbonyl (C=O) groups excluding carboxylic acids is 1. The van der Waals surface area contributed by atoms with E-state index in [2.05, 4.69) is 22.3 Å². The van der Waals surface area contributed by atoms with Crippen LogP contribution in [0.4, 0.5) is 11.4 Å². The molecule has 0 aromatic heterocycles. The van der Waals surface area contributed by atoms with Crippen LogP contribution in [-0.2, 0) is 14.8 Å². The highest BCUT2D eigenvalue weighted by Gasteiger charge is 2.14. The number of anilines is 2. The molecular formula is C21H27N3O3S2. The topological polar surface area (TPSA) is 87.3 Å². The first-order valence-electron chi connectivity index (χ1n) is 9.69. The predicted octanol–water partition coefficient (Wildman–Crippen LogP) is 4.66. The molecule has 0 unspecified atom stereocenters. The summed E-state index contributed by atoms with van der Waals surface area (Å²) >= 11 is 5.15. The van der Waals surface area contributed by atoms with E-state index in [-0.39, 0.29) is 15.9 Å². The molecule has 0 bridgehead atoms. The van der Waals surface area contributed by atoms with Gasteiger partial charge < -0.3 is 10.6 Å². The normalized spacial score (nSPS) is 10.9. The summed E-state index contributed by atoms with van der Waals surface area (Å²) in [5.74, 6) is -0.120. The van der Waals surface area contributed by atoms with Gasteiger partial charge in [0.2, 0.25) is 5.91 Å². The van der Waals surface area contributed by atoms with Gasteiger partial charge in [-0.3, -0.25) is 9.52 Å². The molecule has 8 heteroatoms. The van der Waals surface area contributed by atoms with Crippen molar-refractivity contribution < 1.29 is 13.2 Å². The lowest BCUT2D eigenvalue weighted by Crippen LogP contribution is -2.33. The minimum Gasteiger partial charge on any atom is -0.332 e. The highest BCUT2D eigenvalue weighted by Crippen LogP contribution is 2.18. The summed E-state index contributed by atoms with van der Waals surface area (Å²) in [5, 5.41) is 5.74. The van der Waals surface area contributed by atoms with Crippen molar-refractivity contribution in [2.75, 3.05) is 10.0 Å². The Morgan fingerprint density at radius 3 is 2.21 bits per heavy atom. The summed E-state index contributed by atoms with van der Waals surface area (Å²) in [6, 6.07) is 14.8. The van der Waals surface area contributed by atoms with Gasteiger partial charge in [-0.2, -0.15) is 0 Å². The SMILES string of the molecule is CCCCCCCC(=O)NC(=S)Nc1ccc(S(=O)(=O)Nc2ccccc2)cc1. The van der Waals surface area contributed by atoms with E-state index in [1.54, 1.807) is 36.4 Å². The van der Waals surface area contributed by atoms with Crippen molar-refractivity contribution >= 4 is 44.6 Å². The summed E-state index contributed by atoms with van der Waals surface area (Å²) in [4.78, 5) is 12.0. The predicted molar refractivity (Wildman–Crippen MR) is 121 cm³/mol. The number of para-hydroxylation sites is 1. The van der Waals surface area contributed by atoms with Gasteiger partial charge in [-0.25, -0.2) is 8.42 Å². The molecule has 29 heavy (non-hydrogen) atoms. The van der Waals surface area contributed by atoms with Crippen LogP contribution in [0.5, 0.6) is 0 Å². The number of hydrogen-bond acceptors (Lipinski definition) is 4. The van der Waals surface area contributed by atoms with Gasteiger partial charge in [-0.05, 0) is 55.0 Å². The Balaban J connectivity index is 1.83. The van der Waals surface area contributed by atoms with E-state index in [4.69, 9.17) is 12.2 Å². The van der Waals surface area contributed by atoms with Gasteiger partial charge in [0.15, 0.2) is 5.11 Å². The van der Waals surface area contributed by atoms with Crippen LogP contribution in [0.25, 0.3) is 0 Å². The number of carbonyl (C=O) groups is 1. The van der Waals surface area contributed by atoms with E-state index in [1.165, 1.54) is 25.0 Å². The highest BCUT2D eigenvalue weighted by molar-refractivity contribution is 7.92. The van der Waals surface area contributed by atoms with E-state index in [0.717, 1.165) is 19.3 Å². The van der Waals surface area contributed by atoms with Crippen molar-refractivity contribution in [3.8, 4) is 0 Å². The van der Waals surface area contributed by atoms with Crippen molar-refractivity contribution in [2.45, 2.75) is 50.3 Å². The zero-order chi connectivity index (χ0) is 21.1. The molecule has 0 radical (unpaired) electrons. The average Bonchev–Trinajstić information content (AvgIpc) is 2.68. The molecule has 0 aliphatic rings. The maximum atomic E-state index is 12.4. The van der Waals surface area contributed by atoms with Crippen molar-refractivity contribution in [3.63, 3.8) is 0 Å². The summed E-state index contributed by atoms with van der Waals surface area (Å²) < 4.78 is 27.4. The number of unbranched alkanes of at least 4 members (excludes halogenated alkanes) is 4. The third kappa shape index (κ3) is 8.21. The van der Waals surface area contributed by atoms with Crippen molar-refractivity contribution in [3.05, 3.63) is 54.6 Å². The van der Waals surface area contributed by atoms with Gasteiger partial charge in [0, 0.05) is 17.8 Å². The van der Waals surface area contributed by atoms with E-state index in [0.29, 0.717) is 17.8 Å². The van der Waals surface area contributed by atoms with E-state index in [1.807, 2.05) is 6.07 Å². The number of rotatable bonds is 10. The molecule has 156 valence electrons. The van der Waals surface area contributed by atoms with Crippen LogP contribution in [0.1, 0.15) is 45.4 Å². The second-order valence-electron chi connectivity index (χ2n) is 6.66. The van der Waals surface area contributed by atoms with E-state index < -0.39 is 10.0 Å². The monoisotopic (exact) mass is 433 g/mol. The van der Waals surface area contributed by atoms with Crippen molar-refractivity contribution in [1.29, 1.82) is 0 Å².